The number of non-ortho nitro benzene ring substituents is 1. The number of piperazine rings is 1. The topological polar surface area (TPSA) is 118 Å². The lowest BCUT2D eigenvalue weighted by Crippen LogP contribution is -2.49. The largest absolute Gasteiger partial charge is 0.497 e. The van der Waals surface area contributed by atoms with Crippen molar-refractivity contribution in [2.45, 2.75) is 10.9 Å². The van der Waals surface area contributed by atoms with E-state index in [1.807, 2.05) is 30.3 Å². The van der Waals surface area contributed by atoms with Crippen molar-refractivity contribution in [3.05, 3.63) is 82.8 Å². The first-order valence-electron chi connectivity index (χ1n) is 10.8. The highest BCUT2D eigenvalue weighted by molar-refractivity contribution is 7.89. The molecule has 4 rings (SSSR count). The molecule has 0 bridgehead atoms. The van der Waals surface area contributed by atoms with Crippen molar-refractivity contribution in [3.8, 4) is 5.75 Å². The number of ether oxygens (including phenoxy) is 1. The maximum atomic E-state index is 12.8. The summed E-state index contributed by atoms with van der Waals surface area (Å²) in [5.41, 5.74) is 0.941. The SMILES string of the molecule is COc1ccc(N2CCN([C@@H](CNS(=O)(=O)c3ccc([N+](=O)[O-])cc3)c3ccco3)CC2)cc1. The third-order valence-electron chi connectivity index (χ3n) is 5.89. The predicted octanol–water partition coefficient (Wildman–Crippen LogP) is 3.04. The molecule has 1 fully saturated rings. The molecule has 180 valence electrons. The van der Waals surface area contributed by atoms with Gasteiger partial charge in [0.2, 0.25) is 10.0 Å². The molecule has 0 saturated carbocycles. The van der Waals surface area contributed by atoms with Crippen molar-refractivity contribution in [2.24, 2.45) is 0 Å². The fraction of sp³-hybridized carbons (Fsp3) is 0.304. The fourth-order valence-electron chi connectivity index (χ4n) is 3.99. The zero-order chi connectivity index (χ0) is 24.1. The molecule has 1 saturated heterocycles. The molecule has 0 spiro atoms. The van der Waals surface area contributed by atoms with E-state index in [4.69, 9.17) is 9.15 Å². The van der Waals surface area contributed by atoms with Crippen LogP contribution in [0.2, 0.25) is 0 Å². The monoisotopic (exact) mass is 486 g/mol. The number of hydrogen-bond donors (Lipinski definition) is 1. The van der Waals surface area contributed by atoms with Gasteiger partial charge in [0.1, 0.15) is 11.5 Å². The first-order valence-corrected chi connectivity index (χ1v) is 12.3. The van der Waals surface area contributed by atoms with Crippen molar-refractivity contribution >= 4 is 21.4 Å². The lowest BCUT2D eigenvalue weighted by molar-refractivity contribution is -0.384. The highest BCUT2D eigenvalue weighted by Crippen LogP contribution is 2.26. The first-order chi connectivity index (χ1) is 16.4. The van der Waals surface area contributed by atoms with Crippen LogP contribution < -0.4 is 14.4 Å². The number of sulfonamides is 1. The van der Waals surface area contributed by atoms with Crippen molar-refractivity contribution < 1.29 is 22.5 Å². The van der Waals surface area contributed by atoms with Crippen LogP contribution in [0.3, 0.4) is 0 Å². The Hall–Kier alpha value is -3.41. The maximum absolute atomic E-state index is 12.8. The zero-order valence-corrected chi connectivity index (χ0v) is 19.5. The second-order valence-electron chi connectivity index (χ2n) is 7.86. The van der Waals surface area contributed by atoms with E-state index in [1.54, 1.807) is 19.4 Å². The van der Waals surface area contributed by atoms with Gasteiger partial charge in [0.15, 0.2) is 0 Å². The Balaban J connectivity index is 1.43. The van der Waals surface area contributed by atoms with Crippen molar-refractivity contribution in [1.82, 2.24) is 9.62 Å². The van der Waals surface area contributed by atoms with Gasteiger partial charge in [-0.05, 0) is 48.5 Å². The van der Waals surface area contributed by atoms with E-state index in [-0.39, 0.29) is 23.2 Å². The number of methoxy groups -OCH3 is 1. The molecule has 0 unspecified atom stereocenters. The molecule has 0 radical (unpaired) electrons. The highest BCUT2D eigenvalue weighted by Gasteiger charge is 2.29. The van der Waals surface area contributed by atoms with Gasteiger partial charge in [-0.25, -0.2) is 13.1 Å². The molecule has 1 aliphatic rings. The fourth-order valence-corrected chi connectivity index (χ4v) is 5.03. The molecule has 0 aliphatic carbocycles. The Labute approximate surface area is 197 Å². The molecule has 1 atom stereocenters. The molecule has 34 heavy (non-hydrogen) atoms. The number of nitro groups is 1. The minimum Gasteiger partial charge on any atom is -0.497 e. The summed E-state index contributed by atoms with van der Waals surface area (Å²) in [6.07, 6.45) is 1.57. The molecule has 2 heterocycles. The minimum absolute atomic E-state index is 0.0272. The van der Waals surface area contributed by atoms with E-state index in [1.165, 1.54) is 24.3 Å². The van der Waals surface area contributed by atoms with Crippen LogP contribution in [0, 0.1) is 10.1 Å². The zero-order valence-electron chi connectivity index (χ0n) is 18.7. The number of anilines is 1. The normalized spacial score (nSPS) is 15.7. The smallest absolute Gasteiger partial charge is 0.269 e. The van der Waals surface area contributed by atoms with Crippen LogP contribution in [0.15, 0.2) is 76.2 Å². The minimum atomic E-state index is -3.85. The summed E-state index contributed by atoms with van der Waals surface area (Å²) in [7, 11) is -2.21. The summed E-state index contributed by atoms with van der Waals surface area (Å²) in [6, 6.07) is 16.1. The van der Waals surface area contributed by atoms with Crippen molar-refractivity contribution in [1.29, 1.82) is 0 Å². The third-order valence-corrected chi connectivity index (χ3v) is 7.33. The van der Waals surface area contributed by atoms with Crippen LogP contribution >= 0.6 is 0 Å². The van der Waals surface area contributed by atoms with Gasteiger partial charge >= 0.3 is 0 Å². The number of nitrogens with one attached hydrogen (secondary N) is 1. The number of furan rings is 1. The summed E-state index contributed by atoms with van der Waals surface area (Å²) < 4.78 is 39.1. The summed E-state index contributed by atoms with van der Waals surface area (Å²) in [5, 5.41) is 10.8. The quantitative estimate of drug-likeness (QED) is 0.362. The average Bonchev–Trinajstić information content (AvgIpc) is 3.39. The predicted molar refractivity (Wildman–Crippen MR) is 127 cm³/mol. The standard InChI is InChI=1S/C23H26N4O6S/c1-32-20-8-4-18(5-9-20)25-12-14-26(15-13-25)22(23-3-2-16-33-23)17-24-34(30,31)21-10-6-19(7-11-21)27(28)29/h2-11,16,22,24H,12-15,17H2,1H3/t22-/m0/s1. The first kappa shape index (κ1) is 23.7. The van der Waals surface area contributed by atoms with Gasteiger partial charge in [0, 0.05) is 50.5 Å². The Kier molecular flexibility index (Phi) is 7.15. The maximum Gasteiger partial charge on any atom is 0.269 e. The van der Waals surface area contributed by atoms with E-state index in [9.17, 15) is 18.5 Å². The molecule has 2 aromatic carbocycles. The second kappa shape index (κ2) is 10.2. The van der Waals surface area contributed by atoms with E-state index in [2.05, 4.69) is 14.5 Å². The van der Waals surface area contributed by atoms with Crippen LogP contribution in [-0.4, -0.2) is 58.1 Å². The number of nitro benzene ring substituents is 1. The molecule has 0 amide bonds. The van der Waals surface area contributed by atoms with Crippen LogP contribution in [0.1, 0.15) is 11.8 Å². The van der Waals surface area contributed by atoms with E-state index in [0.29, 0.717) is 5.76 Å². The van der Waals surface area contributed by atoms with Crippen LogP contribution in [0.25, 0.3) is 0 Å². The summed E-state index contributed by atoms with van der Waals surface area (Å²) in [4.78, 5) is 14.7. The Morgan fingerprint density at radius 1 is 1.06 bits per heavy atom. The number of rotatable bonds is 9. The Bertz CT molecular complexity index is 1190. The molecular weight excluding hydrogens is 460 g/mol. The van der Waals surface area contributed by atoms with Gasteiger partial charge in [-0.1, -0.05) is 0 Å². The van der Waals surface area contributed by atoms with E-state index in [0.717, 1.165) is 37.6 Å². The van der Waals surface area contributed by atoms with Gasteiger partial charge in [-0.2, -0.15) is 0 Å². The number of nitrogens with zero attached hydrogens (tertiary/aromatic N) is 3. The molecule has 11 heteroatoms. The molecular formula is C23H26N4O6S. The Morgan fingerprint density at radius 3 is 2.29 bits per heavy atom. The second-order valence-corrected chi connectivity index (χ2v) is 9.62. The lowest BCUT2D eigenvalue weighted by Gasteiger charge is -2.39. The summed E-state index contributed by atoms with van der Waals surface area (Å²) in [6.45, 7) is 3.10. The van der Waals surface area contributed by atoms with Gasteiger partial charge in [0.05, 0.1) is 29.2 Å². The molecule has 1 aliphatic heterocycles. The summed E-state index contributed by atoms with van der Waals surface area (Å²) >= 11 is 0. The van der Waals surface area contributed by atoms with Gasteiger partial charge in [0.25, 0.3) is 5.69 Å². The van der Waals surface area contributed by atoms with E-state index < -0.39 is 14.9 Å². The number of hydrogen-bond acceptors (Lipinski definition) is 8. The molecule has 1 N–H and O–H groups in total. The summed E-state index contributed by atoms with van der Waals surface area (Å²) in [5.74, 6) is 1.48. The van der Waals surface area contributed by atoms with E-state index >= 15 is 0 Å². The van der Waals surface area contributed by atoms with Crippen LogP contribution in [0.4, 0.5) is 11.4 Å². The van der Waals surface area contributed by atoms with Gasteiger partial charge in [-0.3, -0.25) is 15.0 Å². The highest BCUT2D eigenvalue weighted by atomic mass is 32.2. The van der Waals surface area contributed by atoms with Crippen molar-refractivity contribution in [3.63, 3.8) is 0 Å². The molecule has 1 aromatic heterocycles. The third kappa shape index (κ3) is 5.38. The van der Waals surface area contributed by atoms with Crippen molar-refractivity contribution in [2.75, 3.05) is 44.7 Å². The average molecular weight is 487 g/mol. The molecule has 10 nitrogen and oxygen atoms in total. The lowest BCUT2D eigenvalue weighted by atomic mass is 10.1. The molecule has 3 aromatic rings. The van der Waals surface area contributed by atoms with Gasteiger partial charge in [-0.15, -0.1) is 0 Å². The Morgan fingerprint density at radius 2 is 1.74 bits per heavy atom. The van der Waals surface area contributed by atoms with Crippen LogP contribution in [0.5, 0.6) is 5.75 Å². The van der Waals surface area contributed by atoms with Gasteiger partial charge < -0.3 is 14.1 Å². The number of benzene rings is 2. The van der Waals surface area contributed by atoms with Crippen LogP contribution in [-0.2, 0) is 10.0 Å².